The predicted molar refractivity (Wildman–Crippen MR) is 74.4 cm³/mol. The fourth-order valence-corrected chi connectivity index (χ4v) is 1.83. The van der Waals surface area contributed by atoms with Crippen molar-refractivity contribution in [1.82, 2.24) is 15.1 Å². The van der Waals surface area contributed by atoms with E-state index in [0.717, 1.165) is 5.56 Å². The average Bonchev–Trinajstić information content (AvgIpc) is 2.84. The maximum absolute atomic E-state index is 11.9. The van der Waals surface area contributed by atoms with E-state index in [1.807, 2.05) is 19.1 Å². The van der Waals surface area contributed by atoms with Gasteiger partial charge in [-0.05, 0) is 24.6 Å². The molecule has 0 aliphatic rings. The number of anilines is 1. The smallest absolute Gasteiger partial charge is 0.242 e. The Morgan fingerprint density at radius 1 is 1.50 bits per heavy atom. The normalized spacial score (nSPS) is 11.6. The minimum atomic E-state index is -0.148. The van der Waals surface area contributed by atoms with E-state index in [2.05, 4.69) is 16.5 Å². The largest absolute Gasteiger partial charge is 0.396 e. The van der Waals surface area contributed by atoms with Gasteiger partial charge in [0.15, 0.2) is 0 Å². The van der Waals surface area contributed by atoms with Crippen LogP contribution in [0.1, 0.15) is 24.1 Å². The van der Waals surface area contributed by atoms with E-state index in [4.69, 9.17) is 11.0 Å². The highest BCUT2D eigenvalue weighted by molar-refractivity contribution is 5.76. The van der Waals surface area contributed by atoms with Crippen LogP contribution in [0.5, 0.6) is 0 Å². The molecule has 1 heterocycles. The van der Waals surface area contributed by atoms with Crippen LogP contribution in [0.3, 0.4) is 0 Å². The number of nitrogens with two attached hydrogens (primary N) is 1. The van der Waals surface area contributed by atoms with Crippen LogP contribution < -0.4 is 11.1 Å². The third-order valence-electron chi connectivity index (χ3n) is 2.88. The number of nitriles is 1. The molecule has 0 saturated carbocycles. The maximum atomic E-state index is 11.9. The summed E-state index contributed by atoms with van der Waals surface area (Å²) in [5, 5.41) is 15.6. The summed E-state index contributed by atoms with van der Waals surface area (Å²) in [6.45, 7) is 2.01. The molecule has 1 atom stereocenters. The molecule has 0 radical (unpaired) electrons. The molecule has 3 N–H and O–H groups in total. The summed E-state index contributed by atoms with van der Waals surface area (Å²) >= 11 is 0. The minimum absolute atomic E-state index is 0.123. The number of benzene rings is 1. The van der Waals surface area contributed by atoms with Crippen molar-refractivity contribution < 1.29 is 4.79 Å². The van der Waals surface area contributed by atoms with Gasteiger partial charge in [-0.1, -0.05) is 12.1 Å². The Hall–Kier alpha value is -2.81. The van der Waals surface area contributed by atoms with Crippen LogP contribution in [-0.4, -0.2) is 15.7 Å². The third-order valence-corrected chi connectivity index (χ3v) is 2.88. The van der Waals surface area contributed by atoms with Gasteiger partial charge in [0.1, 0.15) is 6.54 Å². The maximum Gasteiger partial charge on any atom is 0.242 e. The third kappa shape index (κ3) is 3.36. The highest BCUT2D eigenvalue weighted by atomic mass is 16.2. The first-order chi connectivity index (χ1) is 9.58. The number of nitrogens with zero attached hydrogens (tertiary/aromatic N) is 3. The summed E-state index contributed by atoms with van der Waals surface area (Å²) in [5.74, 6) is -0.148. The minimum Gasteiger partial charge on any atom is -0.396 e. The van der Waals surface area contributed by atoms with Crippen LogP contribution in [0.4, 0.5) is 5.69 Å². The number of nitrogen functional groups attached to an aromatic ring is 1. The van der Waals surface area contributed by atoms with Crippen molar-refractivity contribution in [2.45, 2.75) is 19.5 Å². The number of rotatable bonds is 4. The summed E-state index contributed by atoms with van der Waals surface area (Å²) < 4.78 is 1.48. The lowest BCUT2D eigenvalue weighted by molar-refractivity contribution is -0.122. The molecule has 2 aromatic rings. The Balaban J connectivity index is 1.94. The van der Waals surface area contributed by atoms with Crippen molar-refractivity contribution in [2.75, 3.05) is 5.73 Å². The fraction of sp³-hybridized carbons (Fsp3) is 0.214. The van der Waals surface area contributed by atoms with Crippen LogP contribution >= 0.6 is 0 Å². The number of carbonyl (C=O) groups excluding carboxylic acids is 1. The van der Waals surface area contributed by atoms with E-state index in [-0.39, 0.29) is 18.5 Å². The molecule has 1 aromatic heterocycles. The van der Waals surface area contributed by atoms with Crippen LogP contribution in [0.2, 0.25) is 0 Å². The first kappa shape index (κ1) is 13.6. The molecule has 6 heteroatoms. The number of amides is 1. The summed E-state index contributed by atoms with van der Waals surface area (Å²) in [4.78, 5) is 11.9. The molecule has 20 heavy (non-hydrogen) atoms. The van der Waals surface area contributed by atoms with Gasteiger partial charge >= 0.3 is 0 Å². The van der Waals surface area contributed by atoms with Gasteiger partial charge < -0.3 is 11.1 Å². The summed E-state index contributed by atoms with van der Waals surface area (Å²) in [7, 11) is 0. The molecule has 0 aliphatic heterocycles. The van der Waals surface area contributed by atoms with Crippen molar-refractivity contribution in [1.29, 1.82) is 5.26 Å². The highest BCUT2D eigenvalue weighted by Crippen LogP contribution is 2.13. The van der Waals surface area contributed by atoms with E-state index in [1.54, 1.807) is 18.3 Å². The Morgan fingerprint density at radius 3 is 2.75 bits per heavy atom. The van der Waals surface area contributed by atoms with Gasteiger partial charge in [0.25, 0.3) is 0 Å². The molecule has 102 valence electrons. The number of nitrogens with one attached hydrogen (secondary N) is 1. The van der Waals surface area contributed by atoms with Crippen molar-refractivity contribution in [3.63, 3.8) is 0 Å². The zero-order valence-electron chi connectivity index (χ0n) is 11.1. The molecule has 0 bridgehead atoms. The molecule has 6 nitrogen and oxygen atoms in total. The van der Waals surface area contributed by atoms with Gasteiger partial charge in [0, 0.05) is 6.20 Å². The zero-order chi connectivity index (χ0) is 14.5. The van der Waals surface area contributed by atoms with Gasteiger partial charge in [-0.25, -0.2) is 0 Å². The number of carbonyl (C=O) groups is 1. The second kappa shape index (κ2) is 5.89. The Bertz CT molecular complexity index is 638. The molecule has 1 unspecified atom stereocenters. The molecule has 0 fully saturated rings. The van der Waals surface area contributed by atoms with E-state index in [9.17, 15) is 4.79 Å². The second-order valence-electron chi connectivity index (χ2n) is 4.49. The van der Waals surface area contributed by atoms with Crippen LogP contribution in [0.15, 0.2) is 36.7 Å². The molecule has 0 spiro atoms. The van der Waals surface area contributed by atoms with E-state index in [0.29, 0.717) is 11.3 Å². The Morgan fingerprint density at radius 2 is 2.20 bits per heavy atom. The van der Waals surface area contributed by atoms with Crippen LogP contribution in [0, 0.1) is 11.3 Å². The van der Waals surface area contributed by atoms with Crippen molar-refractivity contribution in [3.8, 4) is 6.07 Å². The lowest BCUT2D eigenvalue weighted by Gasteiger charge is -2.14. The lowest BCUT2D eigenvalue weighted by Crippen LogP contribution is -2.30. The second-order valence-corrected chi connectivity index (χ2v) is 4.49. The van der Waals surface area contributed by atoms with Crippen molar-refractivity contribution >= 4 is 11.6 Å². The Kier molecular flexibility index (Phi) is 4.01. The summed E-state index contributed by atoms with van der Waals surface area (Å²) in [6.07, 6.45) is 3.10. The summed E-state index contributed by atoms with van der Waals surface area (Å²) in [5.41, 5.74) is 7.60. The fourth-order valence-electron chi connectivity index (χ4n) is 1.83. The van der Waals surface area contributed by atoms with Crippen LogP contribution in [0.25, 0.3) is 0 Å². The molecule has 0 saturated heterocycles. The molecule has 0 aliphatic carbocycles. The molecule has 2 rings (SSSR count). The van der Waals surface area contributed by atoms with E-state index in [1.165, 1.54) is 10.9 Å². The van der Waals surface area contributed by atoms with Crippen LogP contribution in [-0.2, 0) is 11.3 Å². The first-order valence-corrected chi connectivity index (χ1v) is 6.16. The standard InChI is InChI=1S/C14H15N5O/c1-10(12-4-2-11(6-15)3-5-12)18-14(20)9-19-8-13(16)7-17-19/h2-5,7-8,10H,9,16H2,1H3,(H,18,20). The predicted octanol–water partition coefficient (Wildman–Crippen LogP) is 1.21. The number of hydrogen-bond donors (Lipinski definition) is 2. The lowest BCUT2D eigenvalue weighted by atomic mass is 10.1. The van der Waals surface area contributed by atoms with Crippen molar-refractivity contribution in [3.05, 3.63) is 47.8 Å². The van der Waals surface area contributed by atoms with Gasteiger partial charge in [-0.2, -0.15) is 10.4 Å². The quantitative estimate of drug-likeness (QED) is 0.872. The molecule has 1 aromatic carbocycles. The Labute approximate surface area is 116 Å². The first-order valence-electron chi connectivity index (χ1n) is 6.16. The van der Waals surface area contributed by atoms with Gasteiger partial charge in [0.05, 0.1) is 29.6 Å². The molecular formula is C14H15N5O. The topological polar surface area (TPSA) is 96.7 Å². The summed E-state index contributed by atoms with van der Waals surface area (Å²) in [6, 6.07) is 9.04. The average molecular weight is 269 g/mol. The zero-order valence-corrected chi connectivity index (χ0v) is 11.1. The molecular weight excluding hydrogens is 254 g/mol. The van der Waals surface area contributed by atoms with E-state index < -0.39 is 0 Å². The monoisotopic (exact) mass is 269 g/mol. The van der Waals surface area contributed by atoms with Gasteiger partial charge in [-0.3, -0.25) is 9.48 Å². The van der Waals surface area contributed by atoms with E-state index >= 15 is 0 Å². The van der Waals surface area contributed by atoms with Gasteiger partial charge in [0.2, 0.25) is 5.91 Å². The van der Waals surface area contributed by atoms with Gasteiger partial charge in [-0.15, -0.1) is 0 Å². The number of hydrogen-bond acceptors (Lipinski definition) is 4. The van der Waals surface area contributed by atoms with Crippen molar-refractivity contribution in [2.24, 2.45) is 0 Å². The molecule has 1 amide bonds. The SMILES string of the molecule is CC(NC(=O)Cn1cc(N)cn1)c1ccc(C#N)cc1. The highest BCUT2D eigenvalue weighted by Gasteiger charge is 2.10. The number of aromatic nitrogens is 2.